The second-order valence-electron chi connectivity index (χ2n) is 8.19. The lowest BCUT2D eigenvalue weighted by molar-refractivity contribution is 0.0197. The van der Waals surface area contributed by atoms with Crippen molar-refractivity contribution in [3.8, 4) is 0 Å². The maximum atomic E-state index is 12.1. The highest BCUT2D eigenvalue weighted by atomic mass is 16.6. The third-order valence-corrected chi connectivity index (χ3v) is 4.77. The van der Waals surface area contributed by atoms with Gasteiger partial charge < -0.3 is 19.7 Å². The molecule has 0 radical (unpaired) electrons. The van der Waals surface area contributed by atoms with Gasteiger partial charge in [0.25, 0.3) is 0 Å². The van der Waals surface area contributed by atoms with Gasteiger partial charge in [-0.3, -0.25) is 0 Å². The molecule has 1 amide bonds. The smallest absolute Gasteiger partial charge is 0.410 e. The van der Waals surface area contributed by atoms with Crippen LogP contribution in [0.3, 0.4) is 0 Å². The topological polar surface area (TPSA) is 50.8 Å². The molecular weight excluding hydrogens is 316 g/mol. The van der Waals surface area contributed by atoms with Crippen molar-refractivity contribution in [3.63, 3.8) is 0 Å². The molecule has 1 fully saturated rings. The average molecular weight is 351 g/mol. The molecule has 1 aliphatic carbocycles. The van der Waals surface area contributed by atoms with Gasteiger partial charge in [0.05, 0.1) is 0 Å². The van der Waals surface area contributed by atoms with E-state index in [9.17, 15) is 4.79 Å². The van der Waals surface area contributed by atoms with Gasteiger partial charge in [-0.2, -0.15) is 0 Å². The molecule has 0 unspecified atom stereocenters. The van der Waals surface area contributed by atoms with Crippen molar-refractivity contribution < 1.29 is 14.3 Å². The molecule has 0 spiro atoms. The van der Waals surface area contributed by atoms with Gasteiger partial charge in [0.15, 0.2) is 0 Å². The SMILES string of the molecule is C[C@@H]1C=C(OCCNC2CCN(C(=O)OC(C)(C)C)CC2)C=C[C@@H]1C. The number of ether oxygens (including phenoxy) is 2. The Morgan fingerprint density at radius 2 is 1.92 bits per heavy atom. The zero-order valence-electron chi connectivity index (χ0n) is 16.4. The van der Waals surface area contributed by atoms with Crippen molar-refractivity contribution >= 4 is 6.09 Å². The number of carbonyl (C=O) groups excluding carboxylic acids is 1. The van der Waals surface area contributed by atoms with Crippen molar-refractivity contribution in [1.29, 1.82) is 0 Å². The van der Waals surface area contributed by atoms with Gasteiger partial charge in [-0.1, -0.05) is 19.9 Å². The fourth-order valence-electron chi connectivity index (χ4n) is 3.01. The summed E-state index contributed by atoms with van der Waals surface area (Å²) in [7, 11) is 0. The number of nitrogens with one attached hydrogen (secondary N) is 1. The lowest BCUT2D eigenvalue weighted by Crippen LogP contribution is -2.47. The zero-order chi connectivity index (χ0) is 18.4. The van der Waals surface area contributed by atoms with E-state index in [-0.39, 0.29) is 6.09 Å². The van der Waals surface area contributed by atoms with Crippen LogP contribution in [0, 0.1) is 11.8 Å². The Morgan fingerprint density at radius 3 is 2.52 bits per heavy atom. The van der Waals surface area contributed by atoms with Crippen LogP contribution < -0.4 is 5.32 Å². The van der Waals surface area contributed by atoms with Gasteiger partial charge in [-0.05, 0) is 57.6 Å². The Kier molecular flexibility index (Phi) is 6.94. The summed E-state index contributed by atoms with van der Waals surface area (Å²) in [5.41, 5.74) is -0.430. The minimum absolute atomic E-state index is 0.200. The van der Waals surface area contributed by atoms with Crippen LogP contribution in [-0.2, 0) is 9.47 Å². The van der Waals surface area contributed by atoms with Crippen molar-refractivity contribution in [1.82, 2.24) is 10.2 Å². The maximum absolute atomic E-state index is 12.1. The van der Waals surface area contributed by atoms with Crippen LogP contribution in [0.15, 0.2) is 24.0 Å². The molecule has 142 valence electrons. The van der Waals surface area contributed by atoms with E-state index in [0.29, 0.717) is 24.5 Å². The molecule has 2 atom stereocenters. The maximum Gasteiger partial charge on any atom is 0.410 e. The van der Waals surface area contributed by atoms with Crippen LogP contribution in [-0.4, -0.2) is 48.9 Å². The van der Waals surface area contributed by atoms with E-state index in [1.807, 2.05) is 20.8 Å². The van der Waals surface area contributed by atoms with E-state index in [1.165, 1.54) is 0 Å². The summed E-state index contributed by atoms with van der Waals surface area (Å²) >= 11 is 0. The summed E-state index contributed by atoms with van der Waals surface area (Å²) in [6.07, 6.45) is 8.19. The van der Waals surface area contributed by atoms with Gasteiger partial charge >= 0.3 is 6.09 Å². The van der Waals surface area contributed by atoms with Crippen LogP contribution in [0.2, 0.25) is 0 Å². The fraction of sp³-hybridized carbons (Fsp3) is 0.750. The zero-order valence-corrected chi connectivity index (χ0v) is 16.4. The number of hydrogen-bond acceptors (Lipinski definition) is 4. The van der Waals surface area contributed by atoms with Crippen LogP contribution in [0.4, 0.5) is 4.79 Å². The van der Waals surface area contributed by atoms with E-state index in [4.69, 9.17) is 9.47 Å². The molecule has 2 aliphatic rings. The molecule has 0 aromatic rings. The fourth-order valence-corrected chi connectivity index (χ4v) is 3.01. The molecule has 0 saturated carbocycles. The van der Waals surface area contributed by atoms with Crippen molar-refractivity contribution in [2.75, 3.05) is 26.2 Å². The quantitative estimate of drug-likeness (QED) is 0.768. The number of allylic oxidation sites excluding steroid dienone is 3. The largest absolute Gasteiger partial charge is 0.493 e. The first kappa shape index (κ1) is 19.8. The Labute approximate surface area is 152 Å². The first-order chi connectivity index (χ1) is 11.7. The molecule has 1 saturated heterocycles. The number of piperidine rings is 1. The predicted molar refractivity (Wildman–Crippen MR) is 100 cm³/mol. The van der Waals surface area contributed by atoms with Crippen molar-refractivity contribution in [2.45, 2.75) is 59.1 Å². The van der Waals surface area contributed by atoms with E-state index < -0.39 is 5.60 Å². The number of hydrogen-bond donors (Lipinski definition) is 1. The number of amides is 1. The monoisotopic (exact) mass is 350 g/mol. The molecule has 25 heavy (non-hydrogen) atoms. The lowest BCUT2D eigenvalue weighted by atomic mass is 9.91. The molecule has 0 bridgehead atoms. The van der Waals surface area contributed by atoms with E-state index in [2.05, 4.69) is 37.4 Å². The van der Waals surface area contributed by atoms with Crippen LogP contribution >= 0.6 is 0 Å². The average Bonchev–Trinajstić information content (AvgIpc) is 2.54. The third kappa shape index (κ3) is 6.73. The Hall–Kier alpha value is -1.49. The highest BCUT2D eigenvalue weighted by Gasteiger charge is 2.26. The molecule has 0 aromatic heterocycles. The number of nitrogens with zero attached hydrogens (tertiary/aromatic N) is 1. The molecule has 2 rings (SSSR count). The van der Waals surface area contributed by atoms with Gasteiger partial charge in [-0.25, -0.2) is 4.79 Å². The van der Waals surface area contributed by atoms with E-state index in [0.717, 1.165) is 38.2 Å². The summed E-state index contributed by atoms with van der Waals surface area (Å²) < 4.78 is 11.3. The first-order valence-electron chi connectivity index (χ1n) is 9.49. The molecular formula is C20H34N2O3. The van der Waals surface area contributed by atoms with Crippen molar-refractivity contribution in [2.24, 2.45) is 11.8 Å². The molecule has 5 heteroatoms. The molecule has 1 N–H and O–H groups in total. The lowest BCUT2D eigenvalue weighted by Gasteiger charge is -2.33. The summed E-state index contributed by atoms with van der Waals surface area (Å²) in [5.74, 6) is 2.10. The Balaban J connectivity index is 1.61. The number of carbonyl (C=O) groups is 1. The van der Waals surface area contributed by atoms with Gasteiger partial charge in [-0.15, -0.1) is 0 Å². The second kappa shape index (κ2) is 8.75. The number of likely N-dealkylation sites (tertiary alicyclic amines) is 1. The molecule has 1 aliphatic heterocycles. The summed E-state index contributed by atoms with van der Waals surface area (Å²) in [6.45, 7) is 13.1. The van der Waals surface area contributed by atoms with Crippen molar-refractivity contribution in [3.05, 3.63) is 24.0 Å². The molecule has 1 heterocycles. The van der Waals surface area contributed by atoms with Crippen LogP contribution in [0.5, 0.6) is 0 Å². The highest BCUT2D eigenvalue weighted by molar-refractivity contribution is 5.68. The van der Waals surface area contributed by atoms with Gasteiger partial charge in [0.2, 0.25) is 0 Å². The van der Waals surface area contributed by atoms with Gasteiger partial charge in [0, 0.05) is 25.7 Å². The minimum Gasteiger partial charge on any atom is -0.493 e. The Bertz CT molecular complexity index is 500. The second-order valence-corrected chi connectivity index (χ2v) is 8.19. The highest BCUT2D eigenvalue weighted by Crippen LogP contribution is 2.22. The van der Waals surface area contributed by atoms with E-state index >= 15 is 0 Å². The normalized spacial score (nSPS) is 24.8. The summed E-state index contributed by atoms with van der Waals surface area (Å²) in [6, 6.07) is 0.442. The van der Waals surface area contributed by atoms with E-state index in [1.54, 1.807) is 4.90 Å². The predicted octanol–water partition coefficient (Wildman–Crippen LogP) is 3.72. The minimum atomic E-state index is -0.430. The van der Waals surface area contributed by atoms with Gasteiger partial charge in [0.1, 0.15) is 18.0 Å². The Morgan fingerprint density at radius 1 is 1.24 bits per heavy atom. The first-order valence-corrected chi connectivity index (χ1v) is 9.49. The molecule has 0 aromatic carbocycles. The third-order valence-electron chi connectivity index (χ3n) is 4.77. The summed E-state index contributed by atoms with van der Waals surface area (Å²) in [5, 5.41) is 3.53. The standard InChI is InChI=1S/C20H34N2O3/c1-15-6-7-18(14-16(15)2)24-13-10-21-17-8-11-22(12-9-17)19(23)25-20(3,4)5/h6-7,14-17,21H,8-13H2,1-5H3/t15-,16+/m0/s1. The van der Waals surface area contributed by atoms with Crippen LogP contribution in [0.1, 0.15) is 47.5 Å². The summed E-state index contributed by atoms with van der Waals surface area (Å²) in [4.78, 5) is 13.9. The molecule has 5 nitrogen and oxygen atoms in total. The van der Waals surface area contributed by atoms with Crippen LogP contribution in [0.25, 0.3) is 0 Å². The number of rotatable bonds is 5.